The van der Waals surface area contributed by atoms with Crippen molar-refractivity contribution in [2.45, 2.75) is 59.4 Å². The number of imidazole rings is 1. The van der Waals surface area contributed by atoms with Crippen molar-refractivity contribution in [2.24, 2.45) is 0 Å². The molecule has 0 aliphatic rings. The van der Waals surface area contributed by atoms with E-state index in [0.29, 0.717) is 13.0 Å². The second-order valence-corrected chi connectivity index (χ2v) is 9.15. The summed E-state index contributed by atoms with van der Waals surface area (Å²) in [4.78, 5) is 9.54. The molecule has 1 N–H and O–H groups in total. The number of nitrogens with zero attached hydrogens (tertiary/aromatic N) is 3. The van der Waals surface area contributed by atoms with Crippen molar-refractivity contribution in [1.82, 2.24) is 19.3 Å². The molecule has 28 heavy (non-hydrogen) atoms. The molecule has 3 rings (SSSR count). The lowest BCUT2D eigenvalue weighted by atomic mass is 10.1. The van der Waals surface area contributed by atoms with Crippen molar-refractivity contribution in [1.29, 1.82) is 0 Å². The van der Waals surface area contributed by atoms with Crippen LogP contribution in [0, 0.1) is 6.92 Å². The summed E-state index contributed by atoms with van der Waals surface area (Å²) in [6.07, 6.45) is 4.14. The van der Waals surface area contributed by atoms with Crippen LogP contribution in [0.5, 0.6) is 0 Å². The molecule has 6 nitrogen and oxygen atoms in total. The monoisotopic (exact) mass is 402 g/mol. The van der Waals surface area contributed by atoms with Crippen LogP contribution in [0.2, 0.25) is 0 Å². The fraction of sp³-hybridized carbons (Fsp3) is 0.524. The van der Waals surface area contributed by atoms with Gasteiger partial charge < -0.3 is 4.57 Å². The summed E-state index contributed by atoms with van der Waals surface area (Å²) in [6, 6.07) is 8.18. The first-order chi connectivity index (χ1) is 13.5. The summed E-state index contributed by atoms with van der Waals surface area (Å²) < 4.78 is 28.8. The van der Waals surface area contributed by atoms with E-state index in [0.717, 1.165) is 65.7 Å². The number of nitrogens with one attached hydrogen (secondary N) is 1. The van der Waals surface area contributed by atoms with Gasteiger partial charge in [0, 0.05) is 24.9 Å². The zero-order chi connectivity index (χ0) is 20.1. The smallest absolute Gasteiger partial charge is 0.211 e. The lowest BCUT2D eigenvalue weighted by Crippen LogP contribution is -2.27. The van der Waals surface area contributed by atoms with Crippen LogP contribution in [0.3, 0.4) is 0 Å². The molecule has 2 heterocycles. The molecule has 0 radical (unpaired) electrons. The number of aryl methyl sites for hydroxylation is 3. The second kappa shape index (κ2) is 9.01. The first-order valence-corrected chi connectivity index (χ1v) is 11.8. The zero-order valence-electron chi connectivity index (χ0n) is 17.0. The topological polar surface area (TPSA) is 76.9 Å². The Balaban J connectivity index is 1.76. The number of benzene rings is 1. The van der Waals surface area contributed by atoms with Crippen LogP contribution in [-0.4, -0.2) is 35.3 Å². The number of aromatic nitrogens is 3. The highest BCUT2D eigenvalue weighted by Gasteiger charge is 2.15. The largest absolute Gasteiger partial charge is 0.327 e. The number of rotatable bonds is 10. The van der Waals surface area contributed by atoms with E-state index in [1.165, 1.54) is 0 Å². The standard InChI is InChI=1S/C21H30N4O2S/c1-4-6-15-28(26,27)22-13-9-10-14-25-19(5-2)24-20-16(3)23-18-12-8-7-11-17(18)21(20)25/h7-8,11-12,22H,4-6,9-10,13-15H2,1-3H3. The summed E-state index contributed by atoms with van der Waals surface area (Å²) in [7, 11) is -3.14. The minimum absolute atomic E-state index is 0.216. The Kier molecular flexibility index (Phi) is 6.67. The lowest BCUT2D eigenvalue weighted by molar-refractivity contribution is 0.562. The Morgan fingerprint density at radius 1 is 1.07 bits per heavy atom. The molecule has 7 heteroatoms. The third kappa shape index (κ3) is 4.52. The lowest BCUT2D eigenvalue weighted by Gasteiger charge is -2.11. The van der Waals surface area contributed by atoms with E-state index in [4.69, 9.17) is 9.97 Å². The predicted octanol–water partition coefficient (Wildman–Crippen LogP) is 3.96. The maximum Gasteiger partial charge on any atom is 0.211 e. The van der Waals surface area contributed by atoms with Gasteiger partial charge in [0.1, 0.15) is 11.3 Å². The van der Waals surface area contributed by atoms with Crippen LogP contribution < -0.4 is 4.72 Å². The normalized spacial score (nSPS) is 12.2. The molecule has 0 spiro atoms. The molecule has 0 saturated heterocycles. The van der Waals surface area contributed by atoms with Gasteiger partial charge in [0.15, 0.2) is 0 Å². The van der Waals surface area contributed by atoms with Gasteiger partial charge in [0.2, 0.25) is 10.0 Å². The molecule has 0 unspecified atom stereocenters. The molecule has 0 atom stereocenters. The minimum Gasteiger partial charge on any atom is -0.327 e. The van der Waals surface area contributed by atoms with Gasteiger partial charge in [-0.1, -0.05) is 38.5 Å². The fourth-order valence-corrected chi connectivity index (χ4v) is 4.84. The summed E-state index contributed by atoms with van der Waals surface area (Å²) >= 11 is 0. The van der Waals surface area contributed by atoms with Crippen molar-refractivity contribution in [3.63, 3.8) is 0 Å². The molecule has 2 aromatic heterocycles. The van der Waals surface area contributed by atoms with Crippen molar-refractivity contribution < 1.29 is 8.42 Å². The van der Waals surface area contributed by atoms with Crippen molar-refractivity contribution >= 4 is 32.0 Å². The van der Waals surface area contributed by atoms with Gasteiger partial charge in [0.05, 0.1) is 22.5 Å². The maximum absolute atomic E-state index is 11.9. The average Bonchev–Trinajstić information content (AvgIpc) is 3.06. The summed E-state index contributed by atoms with van der Waals surface area (Å²) in [6.45, 7) is 7.43. The van der Waals surface area contributed by atoms with Crippen LogP contribution >= 0.6 is 0 Å². The summed E-state index contributed by atoms with van der Waals surface area (Å²) in [5, 5.41) is 1.12. The Bertz CT molecular complexity index is 1060. The van der Waals surface area contributed by atoms with E-state index in [9.17, 15) is 8.42 Å². The van der Waals surface area contributed by atoms with Gasteiger partial charge in [-0.2, -0.15) is 0 Å². The number of hydrogen-bond acceptors (Lipinski definition) is 4. The van der Waals surface area contributed by atoms with Crippen LogP contribution in [-0.2, 0) is 23.0 Å². The van der Waals surface area contributed by atoms with Gasteiger partial charge >= 0.3 is 0 Å². The first kappa shape index (κ1) is 20.7. The number of unbranched alkanes of at least 4 members (excludes halogenated alkanes) is 2. The third-order valence-electron chi connectivity index (χ3n) is 5.05. The molecule has 0 aliphatic heterocycles. The molecule has 0 bridgehead atoms. The molecule has 0 saturated carbocycles. The SMILES string of the molecule is CCCCS(=O)(=O)NCCCCn1c(CC)nc2c(C)nc3ccccc3c21. The van der Waals surface area contributed by atoms with E-state index in [2.05, 4.69) is 22.3 Å². The molecule has 152 valence electrons. The van der Waals surface area contributed by atoms with E-state index < -0.39 is 10.0 Å². The Labute approximate surface area is 167 Å². The highest BCUT2D eigenvalue weighted by atomic mass is 32.2. The molecular formula is C21H30N4O2S. The Morgan fingerprint density at radius 2 is 1.86 bits per heavy atom. The summed E-state index contributed by atoms with van der Waals surface area (Å²) in [5.41, 5.74) is 4.05. The van der Waals surface area contributed by atoms with Crippen molar-refractivity contribution in [3.8, 4) is 0 Å². The minimum atomic E-state index is -3.14. The fourth-order valence-electron chi connectivity index (χ4n) is 3.57. The van der Waals surface area contributed by atoms with Crippen LogP contribution in [0.15, 0.2) is 24.3 Å². The third-order valence-corrected chi connectivity index (χ3v) is 6.52. The summed E-state index contributed by atoms with van der Waals surface area (Å²) in [5.74, 6) is 1.27. The Hall–Kier alpha value is -1.99. The van der Waals surface area contributed by atoms with Gasteiger partial charge in [-0.05, 0) is 32.3 Å². The van der Waals surface area contributed by atoms with Gasteiger partial charge in [0.25, 0.3) is 0 Å². The molecular weight excluding hydrogens is 372 g/mol. The zero-order valence-corrected chi connectivity index (χ0v) is 17.8. The van der Waals surface area contributed by atoms with E-state index >= 15 is 0 Å². The van der Waals surface area contributed by atoms with E-state index in [1.54, 1.807) is 0 Å². The highest BCUT2D eigenvalue weighted by Crippen LogP contribution is 2.27. The number of pyridine rings is 1. The van der Waals surface area contributed by atoms with E-state index in [-0.39, 0.29) is 5.75 Å². The molecule has 0 aliphatic carbocycles. The predicted molar refractivity (Wildman–Crippen MR) is 115 cm³/mol. The highest BCUT2D eigenvalue weighted by molar-refractivity contribution is 7.89. The second-order valence-electron chi connectivity index (χ2n) is 7.22. The van der Waals surface area contributed by atoms with Gasteiger partial charge in [-0.25, -0.2) is 18.1 Å². The first-order valence-electron chi connectivity index (χ1n) is 10.2. The molecule has 3 aromatic rings. The van der Waals surface area contributed by atoms with Crippen LogP contribution in [0.4, 0.5) is 0 Å². The molecule has 0 fully saturated rings. The maximum atomic E-state index is 11.9. The van der Waals surface area contributed by atoms with Crippen molar-refractivity contribution in [3.05, 3.63) is 35.8 Å². The van der Waals surface area contributed by atoms with Crippen molar-refractivity contribution in [2.75, 3.05) is 12.3 Å². The van der Waals surface area contributed by atoms with Gasteiger partial charge in [-0.3, -0.25) is 4.98 Å². The van der Waals surface area contributed by atoms with Crippen LogP contribution in [0.25, 0.3) is 21.9 Å². The number of sulfonamides is 1. The molecule has 1 aromatic carbocycles. The number of para-hydroxylation sites is 1. The van der Waals surface area contributed by atoms with E-state index in [1.807, 2.05) is 32.0 Å². The quantitative estimate of drug-likeness (QED) is 0.521. The number of hydrogen-bond donors (Lipinski definition) is 1. The van der Waals surface area contributed by atoms with Crippen LogP contribution in [0.1, 0.15) is 51.0 Å². The van der Waals surface area contributed by atoms with Gasteiger partial charge in [-0.15, -0.1) is 0 Å². The Morgan fingerprint density at radius 3 is 2.61 bits per heavy atom. The number of fused-ring (bicyclic) bond motifs is 3. The molecule has 0 amide bonds. The average molecular weight is 403 g/mol.